The van der Waals surface area contributed by atoms with E-state index in [-0.39, 0.29) is 11.1 Å². The van der Waals surface area contributed by atoms with Crippen LogP contribution < -0.4 is 15.6 Å². The fourth-order valence-corrected chi connectivity index (χ4v) is 4.21. The van der Waals surface area contributed by atoms with Gasteiger partial charge in [-0.15, -0.1) is 0 Å². The molecule has 2 aromatic carbocycles. The fraction of sp³-hybridized carbons (Fsp3) is 0.360. The maximum Gasteiger partial charge on any atom is 0.338 e. The molecule has 0 aliphatic carbocycles. The molecule has 0 spiro atoms. The van der Waals surface area contributed by atoms with Crippen molar-refractivity contribution in [3.8, 4) is 5.75 Å². The van der Waals surface area contributed by atoms with Crippen molar-refractivity contribution in [1.82, 2.24) is 9.55 Å². The fourth-order valence-electron chi connectivity index (χ4n) is 4.05. The predicted octanol–water partition coefficient (Wildman–Crippen LogP) is 4.28. The Bertz CT molecular complexity index is 1320. The van der Waals surface area contributed by atoms with Crippen LogP contribution in [-0.2, 0) is 22.5 Å². The van der Waals surface area contributed by atoms with Crippen molar-refractivity contribution in [2.45, 2.75) is 45.6 Å². The summed E-state index contributed by atoms with van der Waals surface area (Å²) in [6.45, 7) is 1.98. The van der Waals surface area contributed by atoms with Gasteiger partial charge in [0, 0.05) is 24.1 Å². The average Bonchev–Trinajstić information content (AvgIpc) is 2.80. The number of benzene rings is 2. The van der Waals surface area contributed by atoms with E-state index >= 15 is 0 Å². The number of hydrogen-bond donors (Lipinski definition) is 1. The Kier molecular flexibility index (Phi) is 7.17. The number of rotatable bonds is 5. The number of methoxy groups -OCH3 is 1. The number of nitrogens with zero attached hydrogens (tertiary/aromatic N) is 2. The van der Waals surface area contributed by atoms with Crippen LogP contribution in [0.1, 0.15) is 47.4 Å². The van der Waals surface area contributed by atoms with Gasteiger partial charge in [-0.05, 0) is 49.6 Å². The number of esters is 1. The van der Waals surface area contributed by atoms with Crippen LogP contribution in [0.25, 0.3) is 10.9 Å². The molecule has 34 heavy (non-hydrogen) atoms. The smallest absolute Gasteiger partial charge is 0.338 e. The maximum atomic E-state index is 12.9. The first-order valence-electron chi connectivity index (χ1n) is 11.2. The molecule has 1 aliphatic heterocycles. The molecule has 8 nitrogen and oxygen atoms in total. The van der Waals surface area contributed by atoms with Crippen LogP contribution in [0.3, 0.4) is 0 Å². The summed E-state index contributed by atoms with van der Waals surface area (Å²) < 4.78 is 12.2. The lowest BCUT2D eigenvalue weighted by Crippen LogP contribution is -2.26. The van der Waals surface area contributed by atoms with Crippen LogP contribution in [0.4, 0.5) is 5.69 Å². The number of hydrogen-bond acceptors (Lipinski definition) is 6. The minimum absolute atomic E-state index is 0.0894. The lowest BCUT2D eigenvalue weighted by Gasteiger charge is -2.16. The van der Waals surface area contributed by atoms with Gasteiger partial charge in [0.25, 0.3) is 11.5 Å². The first-order chi connectivity index (χ1) is 16.4. The molecule has 1 aromatic heterocycles. The number of halogens is 1. The Morgan fingerprint density at radius 2 is 1.94 bits per heavy atom. The molecule has 1 N–H and O–H groups in total. The molecule has 0 fully saturated rings. The minimum Gasteiger partial charge on any atom is -0.495 e. The summed E-state index contributed by atoms with van der Waals surface area (Å²) in [6.07, 6.45) is 4.88. The van der Waals surface area contributed by atoms with Crippen LogP contribution in [0.15, 0.2) is 35.1 Å². The molecule has 9 heteroatoms. The van der Waals surface area contributed by atoms with Crippen molar-refractivity contribution in [2.24, 2.45) is 0 Å². The average molecular weight is 484 g/mol. The number of nitrogens with one attached hydrogen (secondary N) is 1. The molecule has 4 rings (SSSR count). The Morgan fingerprint density at radius 3 is 2.74 bits per heavy atom. The van der Waals surface area contributed by atoms with Crippen LogP contribution >= 0.6 is 11.6 Å². The van der Waals surface area contributed by atoms with Gasteiger partial charge in [0.15, 0.2) is 6.61 Å². The van der Waals surface area contributed by atoms with Gasteiger partial charge in [0.05, 0.1) is 29.3 Å². The van der Waals surface area contributed by atoms with E-state index in [1.807, 2.05) is 0 Å². The number of carbonyl (C=O) groups is 2. The molecule has 0 atom stereocenters. The summed E-state index contributed by atoms with van der Waals surface area (Å²) in [5.41, 5.74) is 1.79. The molecule has 0 radical (unpaired) electrons. The zero-order chi connectivity index (χ0) is 24.2. The molecule has 0 unspecified atom stereocenters. The summed E-state index contributed by atoms with van der Waals surface area (Å²) in [5.74, 6) is -0.0526. The zero-order valence-corrected chi connectivity index (χ0v) is 19.9. The molecule has 1 amide bonds. The van der Waals surface area contributed by atoms with Gasteiger partial charge in [0.2, 0.25) is 0 Å². The van der Waals surface area contributed by atoms with Gasteiger partial charge in [-0.3, -0.25) is 14.2 Å². The lowest BCUT2D eigenvalue weighted by atomic mass is 10.1. The van der Waals surface area contributed by atoms with E-state index in [0.717, 1.165) is 43.5 Å². The number of fused-ring (bicyclic) bond motifs is 2. The Labute approximate surface area is 201 Å². The number of aryl methyl sites for hydroxylation is 2. The first kappa shape index (κ1) is 23.8. The molecule has 0 saturated heterocycles. The number of aromatic nitrogens is 2. The Balaban J connectivity index is 1.48. The summed E-state index contributed by atoms with van der Waals surface area (Å²) in [5, 5.41) is 3.64. The van der Waals surface area contributed by atoms with Crippen LogP contribution in [-0.4, -0.2) is 35.1 Å². The third-order valence-corrected chi connectivity index (χ3v) is 6.30. The van der Waals surface area contributed by atoms with Crippen molar-refractivity contribution < 1.29 is 19.1 Å². The summed E-state index contributed by atoms with van der Waals surface area (Å²) in [7, 11) is 1.47. The normalized spacial score (nSPS) is 13.5. The zero-order valence-electron chi connectivity index (χ0n) is 19.2. The molecular formula is C25H26ClN3O5. The SMILES string of the molecule is COc1cc(Cl)c(C)cc1NC(=O)COC(=O)c1ccc2c(=O)n3c(nc2c1)CCCCCC3. The van der Waals surface area contributed by atoms with E-state index in [1.54, 1.807) is 35.8 Å². The van der Waals surface area contributed by atoms with E-state index in [9.17, 15) is 14.4 Å². The van der Waals surface area contributed by atoms with Crippen molar-refractivity contribution in [1.29, 1.82) is 0 Å². The van der Waals surface area contributed by atoms with Crippen LogP contribution in [0.2, 0.25) is 5.02 Å². The van der Waals surface area contributed by atoms with Gasteiger partial charge in [-0.2, -0.15) is 0 Å². The van der Waals surface area contributed by atoms with Crippen molar-refractivity contribution in [3.05, 3.63) is 62.7 Å². The largest absolute Gasteiger partial charge is 0.495 e. The molecule has 1 aliphatic rings. The van der Waals surface area contributed by atoms with E-state index in [1.165, 1.54) is 13.2 Å². The number of amides is 1. The monoisotopic (exact) mass is 483 g/mol. The Morgan fingerprint density at radius 1 is 1.15 bits per heavy atom. The lowest BCUT2D eigenvalue weighted by molar-refractivity contribution is -0.119. The minimum atomic E-state index is -0.676. The van der Waals surface area contributed by atoms with Gasteiger partial charge in [-0.25, -0.2) is 9.78 Å². The van der Waals surface area contributed by atoms with Crippen molar-refractivity contribution >= 4 is 40.1 Å². The number of carbonyl (C=O) groups excluding carboxylic acids is 2. The standard InChI is InChI=1S/C25H26ClN3O5/c1-15-11-20(21(33-2)13-18(15)26)28-23(30)14-34-25(32)16-8-9-17-19(12-16)27-22-7-5-3-4-6-10-29(22)24(17)31/h8-9,11-13H,3-7,10,14H2,1-2H3,(H,28,30). The van der Waals surface area contributed by atoms with E-state index in [4.69, 9.17) is 21.1 Å². The second-order valence-corrected chi connectivity index (χ2v) is 8.71. The third kappa shape index (κ3) is 5.07. The van der Waals surface area contributed by atoms with E-state index in [0.29, 0.717) is 33.9 Å². The van der Waals surface area contributed by atoms with Crippen molar-refractivity contribution in [2.75, 3.05) is 19.0 Å². The summed E-state index contributed by atoms with van der Waals surface area (Å²) >= 11 is 6.09. The molecule has 3 aromatic rings. The van der Waals surface area contributed by atoms with Gasteiger partial charge in [0.1, 0.15) is 11.6 Å². The second kappa shape index (κ2) is 10.3. The first-order valence-corrected chi connectivity index (χ1v) is 11.6. The predicted molar refractivity (Wildman–Crippen MR) is 130 cm³/mol. The topological polar surface area (TPSA) is 99.5 Å². The highest BCUT2D eigenvalue weighted by atomic mass is 35.5. The number of anilines is 1. The highest BCUT2D eigenvalue weighted by Gasteiger charge is 2.17. The molecular weight excluding hydrogens is 458 g/mol. The third-order valence-electron chi connectivity index (χ3n) is 5.89. The molecule has 2 heterocycles. The van der Waals surface area contributed by atoms with Gasteiger partial charge < -0.3 is 14.8 Å². The Hall–Kier alpha value is -3.39. The molecule has 178 valence electrons. The highest BCUT2D eigenvalue weighted by Crippen LogP contribution is 2.30. The highest BCUT2D eigenvalue weighted by molar-refractivity contribution is 6.31. The second-order valence-electron chi connectivity index (χ2n) is 8.31. The van der Waals surface area contributed by atoms with Crippen LogP contribution in [0.5, 0.6) is 5.75 Å². The van der Waals surface area contributed by atoms with Crippen molar-refractivity contribution in [3.63, 3.8) is 0 Å². The summed E-state index contributed by atoms with van der Waals surface area (Å²) in [6, 6.07) is 7.94. The van der Waals surface area contributed by atoms with E-state index < -0.39 is 18.5 Å². The van der Waals surface area contributed by atoms with Gasteiger partial charge >= 0.3 is 5.97 Å². The summed E-state index contributed by atoms with van der Waals surface area (Å²) in [4.78, 5) is 42.5. The quantitative estimate of drug-likeness (QED) is 0.544. The number of ether oxygens (including phenoxy) is 2. The van der Waals surface area contributed by atoms with E-state index in [2.05, 4.69) is 10.3 Å². The maximum absolute atomic E-state index is 12.9. The molecule has 0 saturated carbocycles. The van der Waals surface area contributed by atoms with Crippen LogP contribution in [0, 0.1) is 6.92 Å². The molecule has 0 bridgehead atoms. The van der Waals surface area contributed by atoms with Gasteiger partial charge in [-0.1, -0.05) is 24.4 Å².